The maximum absolute atomic E-state index is 13.1. The highest BCUT2D eigenvalue weighted by Gasteiger charge is 2.33. The molecule has 1 heterocycles. The monoisotopic (exact) mass is 510 g/mol. The summed E-state index contributed by atoms with van der Waals surface area (Å²) in [5.41, 5.74) is 2.46. The zero-order chi connectivity index (χ0) is 23.4. The molecule has 1 aliphatic heterocycles. The normalized spacial score (nSPS) is 14.5. The van der Waals surface area contributed by atoms with E-state index < -0.39 is 11.9 Å². The fourth-order valence-corrected chi connectivity index (χ4v) is 3.55. The largest absolute Gasteiger partial charge is 0.493 e. The lowest BCUT2D eigenvalue weighted by atomic mass is 10.1. The van der Waals surface area contributed by atoms with E-state index in [0.717, 1.165) is 14.9 Å². The van der Waals surface area contributed by atoms with Gasteiger partial charge < -0.3 is 14.8 Å². The van der Waals surface area contributed by atoms with Gasteiger partial charge in [-0.25, -0.2) is 9.18 Å². The zero-order valence-electron chi connectivity index (χ0n) is 17.7. The van der Waals surface area contributed by atoms with Crippen molar-refractivity contribution in [2.24, 2.45) is 0 Å². The molecule has 1 fully saturated rings. The number of carbonyl (C=O) groups is 2. The topological polar surface area (TPSA) is 67.9 Å². The number of benzene rings is 3. The first-order valence-electron chi connectivity index (χ1n) is 10.1. The summed E-state index contributed by atoms with van der Waals surface area (Å²) >= 11 is 3.41. The summed E-state index contributed by atoms with van der Waals surface area (Å²) in [5, 5.41) is 2.59. The molecule has 3 aromatic carbocycles. The number of nitrogens with zero attached hydrogens (tertiary/aromatic N) is 1. The van der Waals surface area contributed by atoms with Crippen LogP contribution in [0.15, 0.2) is 76.9 Å². The second-order valence-corrected chi connectivity index (χ2v) is 8.25. The number of rotatable bonds is 7. The molecule has 3 aromatic rings. The van der Waals surface area contributed by atoms with Crippen LogP contribution >= 0.6 is 15.9 Å². The standard InChI is InChI=1S/C25H20BrFN2O4/c1-32-23-13-18(6-11-22(23)33-15-17-2-7-19(26)8-3-17)12-21-24(30)29(25(31)28-21)14-16-4-9-20(27)10-5-16/h2-13H,14-15H2,1H3,(H,28,31)/b21-12+. The minimum Gasteiger partial charge on any atom is -0.493 e. The number of halogens is 2. The Bertz CT molecular complexity index is 1210. The number of hydrogen-bond acceptors (Lipinski definition) is 4. The van der Waals surface area contributed by atoms with Gasteiger partial charge in [0.25, 0.3) is 5.91 Å². The van der Waals surface area contributed by atoms with E-state index in [9.17, 15) is 14.0 Å². The number of amides is 3. The van der Waals surface area contributed by atoms with Crippen molar-refractivity contribution >= 4 is 33.9 Å². The second-order valence-electron chi connectivity index (χ2n) is 7.33. The fraction of sp³-hybridized carbons (Fsp3) is 0.120. The number of methoxy groups -OCH3 is 1. The molecule has 1 N–H and O–H groups in total. The Morgan fingerprint density at radius 1 is 0.970 bits per heavy atom. The molecule has 33 heavy (non-hydrogen) atoms. The van der Waals surface area contributed by atoms with Gasteiger partial charge in [0.15, 0.2) is 11.5 Å². The molecule has 0 aliphatic carbocycles. The highest BCUT2D eigenvalue weighted by Crippen LogP contribution is 2.30. The van der Waals surface area contributed by atoms with Gasteiger partial charge in [0, 0.05) is 4.47 Å². The van der Waals surface area contributed by atoms with Gasteiger partial charge in [0.1, 0.15) is 18.1 Å². The van der Waals surface area contributed by atoms with Crippen LogP contribution in [0.4, 0.5) is 9.18 Å². The van der Waals surface area contributed by atoms with Crippen molar-refractivity contribution in [1.82, 2.24) is 10.2 Å². The van der Waals surface area contributed by atoms with E-state index in [4.69, 9.17) is 9.47 Å². The third-order valence-electron chi connectivity index (χ3n) is 5.02. The lowest BCUT2D eigenvalue weighted by molar-refractivity contribution is -0.123. The van der Waals surface area contributed by atoms with Crippen LogP contribution in [0.3, 0.4) is 0 Å². The number of urea groups is 1. The molecule has 0 unspecified atom stereocenters. The van der Waals surface area contributed by atoms with Crippen LogP contribution in [0.5, 0.6) is 11.5 Å². The van der Waals surface area contributed by atoms with Gasteiger partial charge >= 0.3 is 6.03 Å². The van der Waals surface area contributed by atoms with E-state index >= 15 is 0 Å². The third-order valence-corrected chi connectivity index (χ3v) is 5.55. The Kier molecular flexibility index (Phi) is 6.74. The predicted molar refractivity (Wildman–Crippen MR) is 125 cm³/mol. The predicted octanol–water partition coefficient (Wildman–Crippen LogP) is 5.27. The lowest BCUT2D eigenvalue weighted by Crippen LogP contribution is -2.30. The lowest BCUT2D eigenvalue weighted by Gasteiger charge is -2.12. The van der Waals surface area contributed by atoms with E-state index in [-0.39, 0.29) is 18.1 Å². The molecule has 168 valence electrons. The summed E-state index contributed by atoms with van der Waals surface area (Å²) in [7, 11) is 1.53. The number of carbonyl (C=O) groups excluding carboxylic acids is 2. The molecular weight excluding hydrogens is 491 g/mol. The SMILES string of the molecule is COc1cc(/C=C2/NC(=O)N(Cc3ccc(F)cc3)C2=O)ccc1OCc1ccc(Br)cc1. The quantitative estimate of drug-likeness (QED) is 0.347. The molecule has 8 heteroatoms. The summed E-state index contributed by atoms with van der Waals surface area (Å²) in [6, 6.07) is 18.2. The highest BCUT2D eigenvalue weighted by molar-refractivity contribution is 9.10. The second kappa shape index (κ2) is 9.87. The molecule has 0 atom stereocenters. The number of ether oxygens (including phenoxy) is 2. The molecule has 0 spiro atoms. The maximum atomic E-state index is 13.1. The smallest absolute Gasteiger partial charge is 0.329 e. The van der Waals surface area contributed by atoms with E-state index in [1.165, 1.54) is 31.4 Å². The van der Waals surface area contributed by atoms with Crippen molar-refractivity contribution in [2.45, 2.75) is 13.2 Å². The Morgan fingerprint density at radius 2 is 1.67 bits per heavy atom. The number of nitrogens with one attached hydrogen (secondary N) is 1. The van der Waals surface area contributed by atoms with E-state index in [0.29, 0.717) is 29.2 Å². The van der Waals surface area contributed by atoms with Crippen LogP contribution in [0.2, 0.25) is 0 Å². The van der Waals surface area contributed by atoms with Gasteiger partial charge in [0.2, 0.25) is 0 Å². The molecule has 1 saturated heterocycles. The maximum Gasteiger partial charge on any atom is 0.329 e. The Morgan fingerprint density at radius 3 is 2.36 bits per heavy atom. The number of hydrogen-bond donors (Lipinski definition) is 1. The van der Waals surface area contributed by atoms with Gasteiger partial charge in [-0.3, -0.25) is 9.69 Å². The molecule has 0 saturated carbocycles. The highest BCUT2D eigenvalue weighted by atomic mass is 79.9. The summed E-state index contributed by atoms with van der Waals surface area (Å²) in [6.45, 7) is 0.422. The Hall–Kier alpha value is -3.65. The van der Waals surface area contributed by atoms with Crippen LogP contribution < -0.4 is 14.8 Å². The summed E-state index contributed by atoms with van der Waals surface area (Å²) < 4.78 is 25.4. The van der Waals surface area contributed by atoms with Crippen LogP contribution in [0.1, 0.15) is 16.7 Å². The molecule has 1 aliphatic rings. The first-order chi connectivity index (χ1) is 15.9. The molecule has 6 nitrogen and oxygen atoms in total. The van der Waals surface area contributed by atoms with Crippen LogP contribution in [0, 0.1) is 5.82 Å². The van der Waals surface area contributed by atoms with Crippen LogP contribution in [0.25, 0.3) is 6.08 Å². The summed E-state index contributed by atoms with van der Waals surface area (Å²) in [4.78, 5) is 26.1. The van der Waals surface area contributed by atoms with Gasteiger partial charge in [0.05, 0.1) is 13.7 Å². The third kappa shape index (κ3) is 5.40. The van der Waals surface area contributed by atoms with Gasteiger partial charge in [-0.15, -0.1) is 0 Å². The Balaban J connectivity index is 1.47. The van der Waals surface area contributed by atoms with Gasteiger partial charge in [-0.1, -0.05) is 46.3 Å². The molecule has 0 aromatic heterocycles. The number of imide groups is 1. The minimum absolute atomic E-state index is 0.0500. The van der Waals surface area contributed by atoms with Crippen LogP contribution in [-0.4, -0.2) is 23.9 Å². The zero-order valence-corrected chi connectivity index (χ0v) is 19.3. The molecule has 3 amide bonds. The van der Waals surface area contributed by atoms with E-state index in [1.807, 2.05) is 24.3 Å². The van der Waals surface area contributed by atoms with Crippen LogP contribution in [-0.2, 0) is 17.9 Å². The molecule has 0 bridgehead atoms. The fourth-order valence-electron chi connectivity index (χ4n) is 3.29. The average molecular weight is 511 g/mol. The summed E-state index contributed by atoms with van der Waals surface area (Å²) in [5.74, 6) is 0.220. The average Bonchev–Trinajstić information content (AvgIpc) is 3.07. The van der Waals surface area contributed by atoms with Gasteiger partial charge in [-0.05, 0) is 59.2 Å². The minimum atomic E-state index is -0.531. The summed E-state index contributed by atoms with van der Waals surface area (Å²) in [6.07, 6.45) is 1.58. The van der Waals surface area contributed by atoms with Crippen molar-refractivity contribution in [3.63, 3.8) is 0 Å². The van der Waals surface area contributed by atoms with Crippen molar-refractivity contribution in [3.8, 4) is 11.5 Å². The van der Waals surface area contributed by atoms with Crippen molar-refractivity contribution in [3.05, 3.63) is 99.4 Å². The van der Waals surface area contributed by atoms with Gasteiger partial charge in [-0.2, -0.15) is 0 Å². The van der Waals surface area contributed by atoms with E-state index in [2.05, 4.69) is 21.2 Å². The first kappa shape index (κ1) is 22.5. The van der Waals surface area contributed by atoms with E-state index in [1.54, 1.807) is 24.3 Å². The molecule has 0 radical (unpaired) electrons. The van der Waals surface area contributed by atoms with Crippen molar-refractivity contribution in [1.29, 1.82) is 0 Å². The Labute approximate surface area is 198 Å². The first-order valence-corrected chi connectivity index (χ1v) is 10.9. The van der Waals surface area contributed by atoms with Crippen molar-refractivity contribution in [2.75, 3.05) is 7.11 Å². The van der Waals surface area contributed by atoms with Crippen molar-refractivity contribution < 1.29 is 23.5 Å². The molecule has 4 rings (SSSR count). The molecular formula is C25H20BrFN2O4.